The van der Waals surface area contributed by atoms with E-state index in [0.717, 1.165) is 12.1 Å². The highest BCUT2D eigenvalue weighted by Gasteiger charge is 2.31. The van der Waals surface area contributed by atoms with E-state index < -0.39 is 17.7 Å². The fourth-order valence-corrected chi connectivity index (χ4v) is 1.85. The van der Waals surface area contributed by atoms with Crippen LogP contribution in [0.25, 0.3) is 0 Å². The standard InChI is InChI=1S/C14H14F3N3O2/c1-8(2)20-11(7-12(18)19-20)13(21)22-10-5-3-4-9(6-10)14(15,16)17/h3-8H,1-2H3,(H2,18,19). The van der Waals surface area contributed by atoms with Crippen LogP contribution in [0.1, 0.15) is 35.9 Å². The molecule has 1 aromatic carbocycles. The highest BCUT2D eigenvalue weighted by atomic mass is 19.4. The third kappa shape index (κ3) is 3.38. The number of esters is 1. The Bertz CT molecular complexity index is 693. The van der Waals surface area contributed by atoms with Gasteiger partial charge >= 0.3 is 12.1 Å². The van der Waals surface area contributed by atoms with Gasteiger partial charge in [-0.15, -0.1) is 0 Å². The van der Waals surface area contributed by atoms with Gasteiger partial charge in [-0.05, 0) is 32.0 Å². The third-order valence-corrected chi connectivity index (χ3v) is 2.82. The maximum atomic E-state index is 12.6. The van der Waals surface area contributed by atoms with Crippen molar-refractivity contribution in [2.24, 2.45) is 0 Å². The molecule has 0 saturated carbocycles. The number of hydrogen-bond acceptors (Lipinski definition) is 4. The molecule has 118 valence electrons. The molecular formula is C14H14F3N3O2. The van der Waals surface area contributed by atoms with E-state index in [4.69, 9.17) is 10.5 Å². The fraction of sp³-hybridized carbons (Fsp3) is 0.286. The van der Waals surface area contributed by atoms with Crippen LogP contribution in [0, 0.1) is 0 Å². The molecule has 0 atom stereocenters. The molecule has 0 amide bonds. The van der Waals surface area contributed by atoms with E-state index in [1.165, 1.54) is 22.9 Å². The summed E-state index contributed by atoms with van der Waals surface area (Å²) in [5, 5.41) is 3.94. The number of halogens is 3. The van der Waals surface area contributed by atoms with Crippen LogP contribution in [0.15, 0.2) is 30.3 Å². The number of alkyl halides is 3. The van der Waals surface area contributed by atoms with Gasteiger partial charge in [-0.25, -0.2) is 4.79 Å². The molecule has 0 fully saturated rings. The first-order chi connectivity index (χ1) is 10.2. The summed E-state index contributed by atoms with van der Waals surface area (Å²) in [5.74, 6) is -0.892. The van der Waals surface area contributed by atoms with Gasteiger partial charge in [-0.3, -0.25) is 4.68 Å². The van der Waals surface area contributed by atoms with Crippen LogP contribution in [-0.2, 0) is 6.18 Å². The number of ether oxygens (including phenoxy) is 1. The second-order valence-corrected chi connectivity index (χ2v) is 4.91. The molecule has 22 heavy (non-hydrogen) atoms. The Balaban J connectivity index is 2.26. The second kappa shape index (κ2) is 5.70. The minimum atomic E-state index is -4.51. The molecule has 0 unspecified atom stereocenters. The molecule has 8 heteroatoms. The van der Waals surface area contributed by atoms with Crippen LogP contribution < -0.4 is 10.5 Å². The van der Waals surface area contributed by atoms with E-state index in [9.17, 15) is 18.0 Å². The van der Waals surface area contributed by atoms with E-state index in [1.54, 1.807) is 13.8 Å². The molecule has 1 heterocycles. The highest BCUT2D eigenvalue weighted by Crippen LogP contribution is 2.31. The van der Waals surface area contributed by atoms with Crippen molar-refractivity contribution in [3.05, 3.63) is 41.6 Å². The number of hydrogen-bond donors (Lipinski definition) is 1. The number of aromatic nitrogens is 2. The van der Waals surface area contributed by atoms with Crippen molar-refractivity contribution < 1.29 is 22.7 Å². The van der Waals surface area contributed by atoms with Crippen LogP contribution in [0.3, 0.4) is 0 Å². The zero-order valence-corrected chi connectivity index (χ0v) is 11.9. The van der Waals surface area contributed by atoms with Crippen molar-refractivity contribution in [1.82, 2.24) is 9.78 Å². The van der Waals surface area contributed by atoms with E-state index in [1.807, 2.05) is 0 Å². The van der Waals surface area contributed by atoms with Crippen molar-refractivity contribution in [3.8, 4) is 5.75 Å². The molecule has 0 aliphatic rings. The monoisotopic (exact) mass is 313 g/mol. The maximum Gasteiger partial charge on any atom is 0.416 e. The van der Waals surface area contributed by atoms with Gasteiger partial charge in [0.1, 0.15) is 17.3 Å². The smallest absolute Gasteiger partial charge is 0.416 e. The van der Waals surface area contributed by atoms with Gasteiger partial charge in [0.2, 0.25) is 0 Å². The number of nitrogens with two attached hydrogens (primary N) is 1. The largest absolute Gasteiger partial charge is 0.422 e. The summed E-state index contributed by atoms with van der Waals surface area (Å²) >= 11 is 0. The maximum absolute atomic E-state index is 12.6. The Morgan fingerprint density at radius 2 is 2.00 bits per heavy atom. The molecule has 2 aromatic rings. The molecule has 0 aliphatic carbocycles. The predicted octanol–water partition coefficient (Wildman–Crippen LogP) is 3.28. The Kier molecular flexibility index (Phi) is 4.11. The summed E-state index contributed by atoms with van der Waals surface area (Å²) in [5.41, 5.74) is 4.72. The SMILES string of the molecule is CC(C)n1nc(N)cc1C(=O)Oc1cccc(C(F)(F)F)c1. The van der Waals surface area contributed by atoms with Gasteiger partial charge < -0.3 is 10.5 Å². The average molecular weight is 313 g/mol. The molecule has 0 spiro atoms. The van der Waals surface area contributed by atoms with Crippen molar-refractivity contribution in [2.75, 3.05) is 5.73 Å². The van der Waals surface area contributed by atoms with E-state index in [2.05, 4.69) is 5.10 Å². The van der Waals surface area contributed by atoms with Gasteiger partial charge in [0.25, 0.3) is 0 Å². The summed E-state index contributed by atoms with van der Waals surface area (Å²) < 4.78 is 44.2. The molecule has 5 nitrogen and oxygen atoms in total. The molecule has 1 aromatic heterocycles. The number of benzene rings is 1. The molecule has 2 N–H and O–H groups in total. The number of nitrogen functional groups attached to an aromatic ring is 1. The van der Waals surface area contributed by atoms with E-state index >= 15 is 0 Å². The summed E-state index contributed by atoms with van der Waals surface area (Å²) in [4.78, 5) is 12.1. The minimum absolute atomic E-state index is 0.0740. The molecule has 0 aliphatic heterocycles. The number of rotatable bonds is 3. The quantitative estimate of drug-likeness (QED) is 0.697. The number of carbonyl (C=O) groups is 1. The van der Waals surface area contributed by atoms with Crippen LogP contribution in [0.4, 0.5) is 19.0 Å². The summed E-state index contributed by atoms with van der Waals surface area (Å²) in [7, 11) is 0. The Labute approximate surface area is 124 Å². The highest BCUT2D eigenvalue weighted by molar-refractivity contribution is 5.90. The summed E-state index contributed by atoms with van der Waals surface area (Å²) in [6, 6.07) is 5.26. The molecule has 2 rings (SSSR count). The van der Waals surface area contributed by atoms with Gasteiger partial charge in [-0.2, -0.15) is 18.3 Å². The van der Waals surface area contributed by atoms with Crippen molar-refractivity contribution in [2.45, 2.75) is 26.1 Å². The Hall–Kier alpha value is -2.51. The van der Waals surface area contributed by atoms with Gasteiger partial charge in [0.05, 0.1) is 5.56 Å². The second-order valence-electron chi connectivity index (χ2n) is 4.91. The lowest BCUT2D eigenvalue weighted by molar-refractivity contribution is -0.137. The van der Waals surface area contributed by atoms with Gasteiger partial charge in [0.15, 0.2) is 0 Å². The minimum Gasteiger partial charge on any atom is -0.422 e. The Morgan fingerprint density at radius 1 is 1.32 bits per heavy atom. The number of carbonyl (C=O) groups excluding carboxylic acids is 1. The zero-order valence-electron chi connectivity index (χ0n) is 11.9. The van der Waals surface area contributed by atoms with Crippen LogP contribution >= 0.6 is 0 Å². The lowest BCUT2D eigenvalue weighted by Crippen LogP contribution is -2.17. The van der Waals surface area contributed by atoms with E-state index in [0.29, 0.717) is 0 Å². The Morgan fingerprint density at radius 3 is 2.59 bits per heavy atom. The lowest BCUT2D eigenvalue weighted by Gasteiger charge is -2.11. The first-order valence-corrected chi connectivity index (χ1v) is 6.43. The molecule has 0 bridgehead atoms. The lowest BCUT2D eigenvalue weighted by atomic mass is 10.2. The average Bonchev–Trinajstić information content (AvgIpc) is 2.80. The number of nitrogens with zero attached hydrogens (tertiary/aromatic N) is 2. The fourth-order valence-electron chi connectivity index (χ4n) is 1.85. The molecule has 0 saturated heterocycles. The van der Waals surface area contributed by atoms with Crippen molar-refractivity contribution >= 4 is 11.8 Å². The molecule has 0 radical (unpaired) electrons. The van der Waals surface area contributed by atoms with Gasteiger partial charge in [-0.1, -0.05) is 6.07 Å². The molecular weight excluding hydrogens is 299 g/mol. The first kappa shape index (κ1) is 15.9. The van der Waals surface area contributed by atoms with Crippen molar-refractivity contribution in [1.29, 1.82) is 0 Å². The normalized spacial score (nSPS) is 11.7. The number of anilines is 1. The topological polar surface area (TPSA) is 70.1 Å². The van der Waals surface area contributed by atoms with Gasteiger partial charge in [0, 0.05) is 12.1 Å². The van der Waals surface area contributed by atoms with Crippen LogP contribution in [-0.4, -0.2) is 15.7 Å². The first-order valence-electron chi connectivity index (χ1n) is 6.43. The van der Waals surface area contributed by atoms with Crippen LogP contribution in [0.5, 0.6) is 5.75 Å². The van der Waals surface area contributed by atoms with E-state index in [-0.39, 0.29) is 23.3 Å². The summed E-state index contributed by atoms with van der Waals surface area (Å²) in [6.07, 6.45) is -4.51. The summed E-state index contributed by atoms with van der Waals surface area (Å²) in [6.45, 7) is 3.57. The third-order valence-electron chi connectivity index (χ3n) is 2.82. The van der Waals surface area contributed by atoms with Crippen LogP contribution in [0.2, 0.25) is 0 Å². The van der Waals surface area contributed by atoms with Crippen molar-refractivity contribution in [3.63, 3.8) is 0 Å². The predicted molar refractivity (Wildman–Crippen MR) is 73.4 cm³/mol. The zero-order chi connectivity index (χ0) is 16.5.